The van der Waals surface area contributed by atoms with Crippen LogP contribution in [0.4, 0.5) is 0 Å². The Morgan fingerprint density at radius 3 is 1.05 bits per heavy atom. The number of rotatable bonds is 50. The predicted molar refractivity (Wildman–Crippen MR) is 371 cm³/mol. The molecule has 0 aliphatic rings. The number of carboxylic acids is 6. The fourth-order valence-corrected chi connectivity index (χ4v) is 10.2. The lowest BCUT2D eigenvalue weighted by molar-refractivity contribution is -0.144. The van der Waals surface area contributed by atoms with Gasteiger partial charge in [-0.2, -0.15) is 24.4 Å². The minimum absolute atomic E-state index is 0.00350. The van der Waals surface area contributed by atoms with Crippen LogP contribution in [0.25, 0.3) is 0 Å². The van der Waals surface area contributed by atoms with Crippen LogP contribution >= 0.6 is 24.4 Å². The molecule has 586 valence electrons. The van der Waals surface area contributed by atoms with Gasteiger partial charge in [0.15, 0.2) is 0 Å². The molecule has 1 aromatic carbocycles. The van der Waals surface area contributed by atoms with Gasteiger partial charge in [0.05, 0.1) is 51.3 Å². The number of benzene rings is 1. The molecule has 13 amide bonds. The number of thiol groups is 1. The van der Waals surface area contributed by atoms with E-state index in [9.17, 15) is 127 Å². The van der Waals surface area contributed by atoms with Gasteiger partial charge in [0.1, 0.15) is 72.5 Å². The molecule has 0 fully saturated rings. The van der Waals surface area contributed by atoms with Gasteiger partial charge in [0.25, 0.3) is 0 Å². The maximum atomic E-state index is 14.4. The maximum absolute atomic E-state index is 14.4. The molecule has 22 N–H and O–H groups in total. The number of carbonyl (C=O) groups is 19. The van der Waals surface area contributed by atoms with E-state index in [2.05, 4.69) is 71.1 Å². The van der Waals surface area contributed by atoms with Crippen molar-refractivity contribution < 1.29 is 127 Å². The van der Waals surface area contributed by atoms with Crippen molar-refractivity contribution in [3.05, 3.63) is 35.9 Å². The van der Waals surface area contributed by atoms with E-state index in [1.54, 1.807) is 53.9 Å². The molecule has 0 unspecified atom stereocenters. The van der Waals surface area contributed by atoms with Gasteiger partial charge in [-0.05, 0) is 67.9 Å². The van der Waals surface area contributed by atoms with E-state index < -0.39 is 255 Å². The molecule has 105 heavy (non-hydrogen) atoms. The van der Waals surface area contributed by atoms with Gasteiger partial charge in [-0.3, -0.25) is 86.3 Å². The number of carbonyl (C=O) groups excluding carboxylic acids is 13. The molecule has 42 heteroatoms. The topological polar surface area (TPSA) is 648 Å². The maximum Gasteiger partial charge on any atom is 0.326 e. The summed E-state index contributed by atoms with van der Waals surface area (Å²) in [5.41, 5.74) is 5.80. The van der Waals surface area contributed by atoms with Crippen molar-refractivity contribution in [2.24, 2.45) is 23.5 Å². The molecule has 40 nitrogen and oxygen atoms in total. The molecule has 0 aliphatic carbocycles. The molecule has 1 aromatic rings. The van der Waals surface area contributed by atoms with E-state index in [0.29, 0.717) is 0 Å². The van der Waals surface area contributed by atoms with Crippen LogP contribution in [0.3, 0.4) is 0 Å². The second-order valence-electron chi connectivity index (χ2n) is 25.3. The molecule has 13 atom stereocenters. The monoisotopic (exact) mass is 1530 g/mol. The minimum atomic E-state index is -2.26. The number of thioether (sulfide) groups is 1. The Labute approximate surface area is 612 Å². The standard InChI is InChI=1S/C63H96N14O26S2/c1-28(2)16-35(69-51(90)31(7)66-54(93)38(20-46(80)81)76-62(101)44(26-78)67-45(79)25-65-52(91)33(64)27-104)55(94)73-42(24-50(88)89)61(100)75-41(23-49(86)87)60(99)71-37(19-32-12-10-9-11-13-32)57(96)74-40(22-48(84)85)59(98)70-36(17-29(3)4)56(95)72-39(21-47(82)83)58(97)68-34(14-15-105-8)53(92)77-43(63(102)103)18-30(5)6/h9-13,28-31,33-44,78,104H,14-27,64H2,1-8H3,(H,65,91)(H,66,93)(H,67,79)(H,68,97)(H,69,90)(H,70,98)(H,71,99)(H,72,95)(H,73,94)(H,74,96)(H,75,100)(H,76,101)(H,77,92)(H,80,81)(H,82,83)(H,84,85)(H,86,87)(H,88,89)(H,102,103)/t31-,33-,34-,35-,36-,37-,38-,39-,40-,41-,42-,43-,44-/m0/s1. The molecule has 0 aliphatic heterocycles. The number of aliphatic carboxylic acids is 6. The summed E-state index contributed by atoms with van der Waals surface area (Å²) in [7, 11) is 0. The molecule has 0 saturated carbocycles. The summed E-state index contributed by atoms with van der Waals surface area (Å²) in [4.78, 5) is 250. The van der Waals surface area contributed by atoms with Crippen LogP contribution in [0, 0.1) is 17.8 Å². The average molecular weight is 1530 g/mol. The zero-order valence-electron chi connectivity index (χ0n) is 58.8. The van der Waals surface area contributed by atoms with Gasteiger partial charge in [-0.1, -0.05) is 71.9 Å². The van der Waals surface area contributed by atoms with Crippen LogP contribution in [0.15, 0.2) is 30.3 Å². The van der Waals surface area contributed by atoms with Crippen molar-refractivity contribution in [1.82, 2.24) is 69.1 Å². The third-order valence-corrected chi connectivity index (χ3v) is 15.8. The predicted octanol–water partition coefficient (Wildman–Crippen LogP) is -6.22. The minimum Gasteiger partial charge on any atom is -0.481 e. The number of carboxylic acid groups (broad SMARTS) is 6. The molecule has 0 saturated heterocycles. The SMILES string of the molecule is CSCC[C@H](NC(=O)[C@H](CC(=O)O)NC(=O)[C@H](CC(C)C)NC(=O)[C@H](CC(=O)O)NC(=O)[C@H](Cc1ccccc1)NC(=O)[C@H](CC(=O)O)NC(=O)[C@H](CC(=O)O)NC(=O)[C@H](CC(C)C)NC(=O)[C@H](C)NC(=O)[C@H](CC(=O)O)NC(=O)[C@H](CO)NC(=O)CNC(=O)[C@@H](N)CS)C(=O)N[C@@H](CC(C)C)C(=O)O. The fourth-order valence-electron chi connectivity index (χ4n) is 9.53. The molecule has 0 aromatic heterocycles. The van der Waals surface area contributed by atoms with Gasteiger partial charge < -0.3 is 111 Å². The highest BCUT2D eigenvalue weighted by Gasteiger charge is 2.39. The van der Waals surface area contributed by atoms with Gasteiger partial charge in [0.2, 0.25) is 76.8 Å². The van der Waals surface area contributed by atoms with Gasteiger partial charge >= 0.3 is 35.8 Å². The smallest absolute Gasteiger partial charge is 0.326 e. The summed E-state index contributed by atoms with van der Waals surface area (Å²) in [5.74, 6) is -27.0. The quantitative estimate of drug-likeness (QED) is 0.0270. The molecule has 0 radical (unpaired) electrons. The summed E-state index contributed by atoms with van der Waals surface area (Å²) >= 11 is 5.11. The lowest BCUT2D eigenvalue weighted by atomic mass is 10.0. The largest absolute Gasteiger partial charge is 0.481 e. The number of nitrogens with one attached hydrogen (secondary N) is 13. The first kappa shape index (κ1) is 92.8. The normalized spacial score (nSPS) is 14.8. The second-order valence-corrected chi connectivity index (χ2v) is 26.7. The highest BCUT2D eigenvalue weighted by molar-refractivity contribution is 7.98. The van der Waals surface area contributed by atoms with E-state index in [4.69, 9.17) is 5.73 Å². The van der Waals surface area contributed by atoms with E-state index in [1.165, 1.54) is 36.0 Å². The fraction of sp³-hybridized carbons (Fsp3) is 0.603. The molecule has 0 bridgehead atoms. The van der Waals surface area contributed by atoms with Gasteiger partial charge in [0, 0.05) is 12.2 Å². The number of nitrogens with two attached hydrogens (primary N) is 1. The Hall–Kier alpha value is -10.2. The summed E-state index contributed by atoms with van der Waals surface area (Å²) in [6, 6.07) is -15.9. The lowest BCUT2D eigenvalue weighted by Gasteiger charge is -2.28. The number of hydrogen-bond acceptors (Lipinski definition) is 23. The Balaban J connectivity index is 3.62. The van der Waals surface area contributed by atoms with Crippen molar-refractivity contribution in [2.75, 3.05) is 30.9 Å². The zero-order chi connectivity index (χ0) is 80.1. The van der Waals surface area contributed by atoms with Crippen molar-refractivity contribution in [3.63, 3.8) is 0 Å². The van der Waals surface area contributed by atoms with Gasteiger partial charge in [-0.15, -0.1) is 0 Å². The summed E-state index contributed by atoms with van der Waals surface area (Å²) in [6.07, 6.45) is -5.59. The molecule has 0 heterocycles. The number of aliphatic hydroxyl groups excluding tert-OH is 1. The third-order valence-electron chi connectivity index (χ3n) is 14.8. The summed E-state index contributed by atoms with van der Waals surface area (Å²) in [6.45, 7) is 8.89. The van der Waals surface area contributed by atoms with Crippen LogP contribution < -0.4 is 74.9 Å². The third kappa shape index (κ3) is 36.7. The Morgan fingerprint density at radius 1 is 0.390 bits per heavy atom. The second kappa shape index (κ2) is 47.2. The van der Waals surface area contributed by atoms with Crippen molar-refractivity contribution in [2.45, 2.75) is 191 Å². The van der Waals surface area contributed by atoms with Crippen LogP contribution in [-0.4, -0.2) is 258 Å². The van der Waals surface area contributed by atoms with Crippen molar-refractivity contribution in [1.29, 1.82) is 0 Å². The van der Waals surface area contributed by atoms with Crippen LogP contribution in [0.1, 0.15) is 112 Å². The van der Waals surface area contributed by atoms with E-state index in [0.717, 1.165) is 6.92 Å². The Kier molecular flexibility index (Phi) is 41.7. The van der Waals surface area contributed by atoms with E-state index in [-0.39, 0.29) is 48.7 Å². The van der Waals surface area contributed by atoms with Crippen LogP contribution in [0.5, 0.6) is 0 Å². The Morgan fingerprint density at radius 2 is 0.695 bits per heavy atom. The molecular formula is C63H96N14O26S2. The van der Waals surface area contributed by atoms with Crippen molar-refractivity contribution >= 4 is 137 Å². The first-order valence-electron chi connectivity index (χ1n) is 32.8. The molecular weight excluding hydrogens is 1430 g/mol. The van der Waals surface area contributed by atoms with Crippen LogP contribution in [-0.2, 0) is 97.5 Å². The number of aliphatic hydroxyl groups is 1. The highest BCUT2D eigenvalue weighted by atomic mass is 32.2. The summed E-state index contributed by atoms with van der Waals surface area (Å²) < 4.78 is 0. The summed E-state index contributed by atoms with van der Waals surface area (Å²) in [5, 5.41) is 97.3. The lowest BCUT2D eigenvalue weighted by Crippen LogP contribution is -2.61. The number of amides is 13. The highest BCUT2D eigenvalue weighted by Crippen LogP contribution is 2.14. The molecule has 0 spiro atoms. The number of hydrogen-bond donors (Lipinski definition) is 22. The van der Waals surface area contributed by atoms with E-state index >= 15 is 0 Å². The average Bonchev–Trinajstić information content (AvgIpc) is 0.852. The van der Waals surface area contributed by atoms with E-state index in [1.807, 2.05) is 10.6 Å². The van der Waals surface area contributed by atoms with Gasteiger partial charge in [-0.25, -0.2) is 4.79 Å². The first-order valence-corrected chi connectivity index (χ1v) is 34.8. The van der Waals surface area contributed by atoms with Crippen LogP contribution in [0.2, 0.25) is 0 Å². The Bertz CT molecular complexity index is 3260. The van der Waals surface area contributed by atoms with Crippen molar-refractivity contribution in [3.8, 4) is 0 Å². The first-order chi connectivity index (χ1) is 49.0. The molecule has 1 rings (SSSR count). The zero-order valence-corrected chi connectivity index (χ0v) is 60.6.